The van der Waals surface area contributed by atoms with Gasteiger partial charge in [-0.3, -0.25) is 4.79 Å². The summed E-state index contributed by atoms with van der Waals surface area (Å²) in [5.41, 5.74) is 4.02. The molecule has 0 bridgehead atoms. The smallest absolute Gasteiger partial charge is 0.200 e. The molecule has 3 heteroatoms. The fraction of sp³-hybridized carbons (Fsp3) is 0.278. The first-order valence-corrected chi connectivity index (χ1v) is 6.89. The molecule has 21 heavy (non-hydrogen) atoms. The van der Waals surface area contributed by atoms with E-state index in [1.165, 1.54) is 5.56 Å². The summed E-state index contributed by atoms with van der Waals surface area (Å²) in [4.78, 5) is 12.3. The Bertz CT molecular complexity index is 660. The molecule has 0 aliphatic carbocycles. The Morgan fingerprint density at radius 2 is 1.62 bits per heavy atom. The minimum absolute atomic E-state index is 0.0154. The number of methoxy groups -OCH3 is 1. The van der Waals surface area contributed by atoms with Crippen LogP contribution in [0.15, 0.2) is 36.4 Å². The number of carbonyl (C=O) groups excluding carboxylic acids is 1. The highest BCUT2D eigenvalue weighted by atomic mass is 16.5. The topological polar surface area (TPSA) is 35.5 Å². The van der Waals surface area contributed by atoms with Crippen LogP contribution < -0.4 is 9.47 Å². The van der Waals surface area contributed by atoms with E-state index >= 15 is 0 Å². The highest BCUT2D eigenvalue weighted by Crippen LogP contribution is 2.20. The summed E-state index contributed by atoms with van der Waals surface area (Å²) >= 11 is 0. The summed E-state index contributed by atoms with van der Waals surface area (Å²) in [5, 5.41) is 0. The van der Waals surface area contributed by atoms with Crippen molar-refractivity contribution >= 4 is 5.78 Å². The molecule has 0 fully saturated rings. The van der Waals surface area contributed by atoms with Crippen molar-refractivity contribution in [3.05, 3.63) is 58.7 Å². The van der Waals surface area contributed by atoms with E-state index in [0.717, 1.165) is 16.7 Å². The van der Waals surface area contributed by atoms with E-state index in [4.69, 9.17) is 9.47 Å². The van der Waals surface area contributed by atoms with Crippen molar-refractivity contribution in [2.45, 2.75) is 20.8 Å². The lowest BCUT2D eigenvalue weighted by Gasteiger charge is -2.10. The molecule has 0 spiro atoms. The number of benzene rings is 2. The van der Waals surface area contributed by atoms with E-state index in [-0.39, 0.29) is 12.4 Å². The first-order chi connectivity index (χ1) is 10.0. The van der Waals surface area contributed by atoms with Crippen molar-refractivity contribution in [1.29, 1.82) is 0 Å². The Hall–Kier alpha value is -2.29. The Balaban J connectivity index is 2.10. The van der Waals surface area contributed by atoms with E-state index in [9.17, 15) is 4.79 Å². The van der Waals surface area contributed by atoms with E-state index in [1.54, 1.807) is 13.2 Å². The minimum Gasteiger partial charge on any atom is -0.497 e. The van der Waals surface area contributed by atoms with Gasteiger partial charge < -0.3 is 9.47 Å². The van der Waals surface area contributed by atoms with Crippen LogP contribution in [0.4, 0.5) is 0 Å². The second-order valence-corrected chi connectivity index (χ2v) is 5.14. The molecule has 0 saturated carbocycles. The molecule has 0 radical (unpaired) electrons. The van der Waals surface area contributed by atoms with Crippen LogP contribution in [0.25, 0.3) is 0 Å². The second-order valence-electron chi connectivity index (χ2n) is 5.14. The van der Waals surface area contributed by atoms with Crippen molar-refractivity contribution in [3.63, 3.8) is 0 Å². The largest absolute Gasteiger partial charge is 0.497 e. The molecule has 2 aromatic rings. The maximum atomic E-state index is 12.3. The molecule has 0 aliphatic heterocycles. The van der Waals surface area contributed by atoms with Crippen molar-refractivity contribution in [2.75, 3.05) is 13.7 Å². The van der Waals surface area contributed by atoms with Crippen LogP contribution >= 0.6 is 0 Å². The van der Waals surface area contributed by atoms with E-state index in [2.05, 4.69) is 0 Å². The summed E-state index contributed by atoms with van der Waals surface area (Å²) in [6, 6.07) is 11.2. The average molecular weight is 284 g/mol. The molecule has 0 N–H and O–H groups in total. The lowest BCUT2D eigenvalue weighted by atomic mass is 9.98. The Kier molecular flexibility index (Phi) is 4.63. The van der Waals surface area contributed by atoms with Crippen LogP contribution in [0.3, 0.4) is 0 Å². The van der Waals surface area contributed by atoms with Gasteiger partial charge in [-0.2, -0.15) is 0 Å². The first kappa shape index (κ1) is 15.1. The van der Waals surface area contributed by atoms with Gasteiger partial charge in [0.05, 0.1) is 7.11 Å². The number of hydrogen-bond donors (Lipinski definition) is 0. The zero-order valence-electron chi connectivity index (χ0n) is 12.9. The van der Waals surface area contributed by atoms with Gasteiger partial charge in [0.25, 0.3) is 0 Å². The number of rotatable bonds is 5. The van der Waals surface area contributed by atoms with Gasteiger partial charge >= 0.3 is 0 Å². The maximum Gasteiger partial charge on any atom is 0.200 e. The van der Waals surface area contributed by atoms with Gasteiger partial charge in [-0.25, -0.2) is 0 Å². The SMILES string of the molecule is COc1cccc(OCC(=O)c2cc(C)c(C)cc2C)c1. The summed E-state index contributed by atoms with van der Waals surface area (Å²) in [6.45, 7) is 6.03. The van der Waals surface area contributed by atoms with Gasteiger partial charge in [0.1, 0.15) is 11.5 Å². The predicted molar refractivity (Wildman–Crippen MR) is 83.5 cm³/mol. The van der Waals surface area contributed by atoms with Crippen molar-refractivity contribution < 1.29 is 14.3 Å². The molecule has 0 saturated heterocycles. The Morgan fingerprint density at radius 3 is 2.33 bits per heavy atom. The predicted octanol–water partition coefficient (Wildman–Crippen LogP) is 3.88. The van der Waals surface area contributed by atoms with Gasteiger partial charge in [0, 0.05) is 11.6 Å². The molecule has 2 aromatic carbocycles. The van der Waals surface area contributed by atoms with Crippen molar-refractivity contribution in [3.8, 4) is 11.5 Å². The van der Waals surface area contributed by atoms with Gasteiger partial charge in [-0.05, 0) is 55.7 Å². The van der Waals surface area contributed by atoms with Crippen molar-refractivity contribution in [2.24, 2.45) is 0 Å². The van der Waals surface area contributed by atoms with Gasteiger partial charge in [0.2, 0.25) is 0 Å². The Labute approximate surface area is 125 Å². The van der Waals surface area contributed by atoms with Crippen LogP contribution in [0.2, 0.25) is 0 Å². The number of hydrogen-bond acceptors (Lipinski definition) is 3. The summed E-state index contributed by atoms with van der Waals surface area (Å²) in [5.74, 6) is 1.32. The molecular formula is C18H20O3. The molecule has 2 rings (SSSR count). The summed E-state index contributed by atoms with van der Waals surface area (Å²) in [7, 11) is 1.60. The van der Waals surface area contributed by atoms with Crippen LogP contribution in [-0.4, -0.2) is 19.5 Å². The molecule has 0 heterocycles. The Morgan fingerprint density at radius 1 is 0.952 bits per heavy atom. The molecule has 3 nitrogen and oxygen atoms in total. The molecule has 110 valence electrons. The standard InChI is InChI=1S/C18H20O3/c1-12-8-14(3)17(9-13(12)2)18(19)11-21-16-7-5-6-15(10-16)20-4/h5-10H,11H2,1-4H3. The number of ketones is 1. The van der Waals surface area contributed by atoms with E-state index in [1.807, 2.05) is 51.1 Å². The highest BCUT2D eigenvalue weighted by molar-refractivity contribution is 5.98. The minimum atomic E-state index is -0.0154. The van der Waals surface area contributed by atoms with Crippen molar-refractivity contribution in [1.82, 2.24) is 0 Å². The number of Topliss-reactive ketones (excluding diaryl/α,β-unsaturated/α-hetero) is 1. The quantitative estimate of drug-likeness (QED) is 0.782. The molecule has 0 aromatic heterocycles. The fourth-order valence-corrected chi connectivity index (χ4v) is 2.18. The summed E-state index contributed by atoms with van der Waals surface area (Å²) < 4.78 is 10.7. The lowest BCUT2D eigenvalue weighted by Crippen LogP contribution is -2.13. The number of carbonyl (C=O) groups is 1. The number of aryl methyl sites for hydroxylation is 3. The second kappa shape index (κ2) is 6.44. The average Bonchev–Trinajstić information content (AvgIpc) is 2.48. The third-order valence-corrected chi connectivity index (χ3v) is 3.55. The molecular weight excluding hydrogens is 264 g/mol. The van der Waals surface area contributed by atoms with Crippen LogP contribution in [0.1, 0.15) is 27.0 Å². The van der Waals surface area contributed by atoms with Crippen LogP contribution in [0.5, 0.6) is 11.5 Å². The zero-order chi connectivity index (χ0) is 15.4. The molecule has 0 atom stereocenters. The van der Waals surface area contributed by atoms with E-state index in [0.29, 0.717) is 11.5 Å². The lowest BCUT2D eigenvalue weighted by molar-refractivity contribution is 0.0920. The third-order valence-electron chi connectivity index (χ3n) is 3.55. The van der Waals surface area contributed by atoms with Crippen LogP contribution in [0, 0.1) is 20.8 Å². The van der Waals surface area contributed by atoms with E-state index < -0.39 is 0 Å². The highest BCUT2D eigenvalue weighted by Gasteiger charge is 2.11. The molecule has 0 amide bonds. The third kappa shape index (κ3) is 3.63. The van der Waals surface area contributed by atoms with Gasteiger partial charge in [-0.1, -0.05) is 12.1 Å². The fourth-order valence-electron chi connectivity index (χ4n) is 2.18. The monoisotopic (exact) mass is 284 g/mol. The first-order valence-electron chi connectivity index (χ1n) is 6.89. The van der Waals surface area contributed by atoms with Gasteiger partial charge in [-0.15, -0.1) is 0 Å². The van der Waals surface area contributed by atoms with Crippen LogP contribution in [-0.2, 0) is 0 Å². The number of ether oxygens (including phenoxy) is 2. The van der Waals surface area contributed by atoms with Gasteiger partial charge in [0.15, 0.2) is 12.4 Å². The normalized spacial score (nSPS) is 10.3. The zero-order valence-corrected chi connectivity index (χ0v) is 12.9. The molecule has 0 unspecified atom stereocenters. The molecule has 0 aliphatic rings. The summed E-state index contributed by atoms with van der Waals surface area (Å²) in [6.07, 6.45) is 0. The maximum absolute atomic E-state index is 12.3.